The molecule has 0 aliphatic rings. The third-order valence-corrected chi connectivity index (χ3v) is 2.11. The molecule has 0 radical (unpaired) electrons. The fourth-order valence-electron chi connectivity index (χ4n) is 1.10. The molecule has 4 nitrogen and oxygen atoms in total. The SMILES string of the molecule is CCC(C)n1cnc(CC(N)=O)c1. The third-order valence-electron chi connectivity index (χ3n) is 2.11. The minimum Gasteiger partial charge on any atom is -0.369 e. The van der Waals surface area contributed by atoms with E-state index in [0.717, 1.165) is 12.1 Å². The largest absolute Gasteiger partial charge is 0.369 e. The fraction of sp³-hybridized carbons (Fsp3) is 0.556. The van der Waals surface area contributed by atoms with Crippen molar-refractivity contribution in [2.24, 2.45) is 5.73 Å². The molecule has 0 spiro atoms. The number of hydrogen-bond donors (Lipinski definition) is 1. The van der Waals surface area contributed by atoms with Crippen molar-refractivity contribution in [1.29, 1.82) is 0 Å². The van der Waals surface area contributed by atoms with Crippen molar-refractivity contribution in [3.63, 3.8) is 0 Å². The highest BCUT2D eigenvalue weighted by Crippen LogP contribution is 2.10. The van der Waals surface area contributed by atoms with Crippen LogP contribution in [0.5, 0.6) is 0 Å². The van der Waals surface area contributed by atoms with Gasteiger partial charge in [-0.05, 0) is 13.3 Å². The van der Waals surface area contributed by atoms with E-state index >= 15 is 0 Å². The van der Waals surface area contributed by atoms with Gasteiger partial charge < -0.3 is 10.3 Å². The normalized spacial score (nSPS) is 12.8. The van der Waals surface area contributed by atoms with Gasteiger partial charge in [-0.3, -0.25) is 4.79 Å². The van der Waals surface area contributed by atoms with E-state index in [9.17, 15) is 4.79 Å². The van der Waals surface area contributed by atoms with Crippen molar-refractivity contribution < 1.29 is 4.79 Å². The first-order valence-corrected chi connectivity index (χ1v) is 4.44. The number of carbonyl (C=O) groups excluding carboxylic acids is 1. The number of hydrogen-bond acceptors (Lipinski definition) is 2. The maximum Gasteiger partial charge on any atom is 0.223 e. The molecule has 0 saturated heterocycles. The van der Waals surface area contributed by atoms with E-state index in [0.29, 0.717) is 6.04 Å². The maximum absolute atomic E-state index is 10.6. The van der Waals surface area contributed by atoms with Gasteiger partial charge in [0, 0.05) is 12.2 Å². The predicted octanol–water partition coefficient (Wildman–Crippen LogP) is 0.882. The Morgan fingerprint density at radius 2 is 2.46 bits per heavy atom. The van der Waals surface area contributed by atoms with Crippen LogP contribution in [-0.4, -0.2) is 15.5 Å². The second-order valence-electron chi connectivity index (χ2n) is 3.21. The van der Waals surface area contributed by atoms with Crippen LogP contribution in [-0.2, 0) is 11.2 Å². The number of rotatable bonds is 4. The highest BCUT2D eigenvalue weighted by Gasteiger charge is 2.05. The van der Waals surface area contributed by atoms with E-state index in [2.05, 4.69) is 18.8 Å². The Labute approximate surface area is 77.8 Å². The van der Waals surface area contributed by atoms with Crippen molar-refractivity contribution in [2.45, 2.75) is 32.7 Å². The van der Waals surface area contributed by atoms with Gasteiger partial charge in [-0.2, -0.15) is 0 Å². The zero-order valence-corrected chi connectivity index (χ0v) is 8.03. The van der Waals surface area contributed by atoms with Gasteiger partial charge in [0.15, 0.2) is 0 Å². The molecule has 0 aromatic carbocycles. The lowest BCUT2D eigenvalue weighted by Crippen LogP contribution is -2.13. The van der Waals surface area contributed by atoms with Crippen molar-refractivity contribution in [1.82, 2.24) is 9.55 Å². The van der Waals surface area contributed by atoms with Crippen molar-refractivity contribution in [3.8, 4) is 0 Å². The number of amides is 1. The molecule has 1 atom stereocenters. The molecule has 4 heteroatoms. The Bertz CT molecular complexity index is 293. The second-order valence-corrected chi connectivity index (χ2v) is 3.21. The Morgan fingerprint density at radius 3 is 3.00 bits per heavy atom. The van der Waals surface area contributed by atoms with Gasteiger partial charge in [-0.15, -0.1) is 0 Å². The number of imidazole rings is 1. The smallest absolute Gasteiger partial charge is 0.223 e. The number of nitrogens with two attached hydrogens (primary N) is 1. The highest BCUT2D eigenvalue weighted by atomic mass is 16.1. The summed E-state index contributed by atoms with van der Waals surface area (Å²) in [5, 5.41) is 0. The third kappa shape index (κ3) is 2.57. The van der Waals surface area contributed by atoms with E-state index in [1.54, 1.807) is 6.33 Å². The maximum atomic E-state index is 10.6. The van der Waals surface area contributed by atoms with E-state index in [-0.39, 0.29) is 12.3 Å². The molecule has 1 heterocycles. The van der Waals surface area contributed by atoms with Crippen LogP contribution in [0.2, 0.25) is 0 Å². The van der Waals surface area contributed by atoms with E-state index in [1.807, 2.05) is 10.8 Å². The molecule has 1 aromatic rings. The summed E-state index contributed by atoms with van der Waals surface area (Å²) >= 11 is 0. The second kappa shape index (κ2) is 4.07. The average Bonchev–Trinajstić information content (AvgIpc) is 2.50. The number of primary amides is 1. The topological polar surface area (TPSA) is 60.9 Å². The summed E-state index contributed by atoms with van der Waals surface area (Å²) in [5.74, 6) is -0.339. The molecule has 13 heavy (non-hydrogen) atoms. The first kappa shape index (κ1) is 9.77. The van der Waals surface area contributed by atoms with Crippen LogP contribution >= 0.6 is 0 Å². The quantitative estimate of drug-likeness (QED) is 0.749. The minimum atomic E-state index is -0.339. The van der Waals surface area contributed by atoms with Crippen molar-refractivity contribution in [3.05, 3.63) is 18.2 Å². The van der Waals surface area contributed by atoms with Crippen molar-refractivity contribution in [2.75, 3.05) is 0 Å². The van der Waals surface area contributed by atoms with Crippen LogP contribution in [0, 0.1) is 0 Å². The van der Waals surface area contributed by atoms with Crippen LogP contribution in [0.1, 0.15) is 32.0 Å². The molecule has 0 fully saturated rings. The van der Waals surface area contributed by atoms with Crippen LogP contribution < -0.4 is 5.73 Å². The van der Waals surface area contributed by atoms with E-state index < -0.39 is 0 Å². The van der Waals surface area contributed by atoms with Gasteiger partial charge in [0.05, 0.1) is 18.4 Å². The summed E-state index contributed by atoms with van der Waals surface area (Å²) in [7, 11) is 0. The van der Waals surface area contributed by atoms with Crippen molar-refractivity contribution >= 4 is 5.91 Å². The zero-order valence-electron chi connectivity index (χ0n) is 8.03. The van der Waals surface area contributed by atoms with Crippen LogP contribution in [0.15, 0.2) is 12.5 Å². The lowest BCUT2D eigenvalue weighted by Gasteiger charge is -2.08. The summed E-state index contributed by atoms with van der Waals surface area (Å²) in [6, 6.07) is 0.425. The molecule has 1 amide bonds. The Morgan fingerprint density at radius 1 is 1.77 bits per heavy atom. The van der Waals surface area contributed by atoms with Crippen LogP contribution in [0.4, 0.5) is 0 Å². The van der Waals surface area contributed by atoms with Gasteiger partial charge in [-0.25, -0.2) is 4.98 Å². The summed E-state index contributed by atoms with van der Waals surface area (Å²) in [4.78, 5) is 14.7. The molecule has 2 N–H and O–H groups in total. The summed E-state index contributed by atoms with van der Waals surface area (Å²) in [6.45, 7) is 4.22. The minimum absolute atomic E-state index is 0.226. The van der Waals surface area contributed by atoms with Gasteiger partial charge >= 0.3 is 0 Å². The van der Waals surface area contributed by atoms with Gasteiger partial charge in [0.2, 0.25) is 5.91 Å². The average molecular weight is 181 g/mol. The standard InChI is InChI=1S/C9H15N3O/c1-3-7(2)12-5-8(11-6-12)4-9(10)13/h5-7H,3-4H2,1-2H3,(H2,10,13). The Hall–Kier alpha value is -1.32. The zero-order chi connectivity index (χ0) is 9.84. The fourth-order valence-corrected chi connectivity index (χ4v) is 1.10. The Balaban J connectivity index is 2.68. The molecule has 0 aliphatic heterocycles. The molecular weight excluding hydrogens is 166 g/mol. The van der Waals surface area contributed by atoms with E-state index in [4.69, 9.17) is 5.73 Å². The predicted molar refractivity (Wildman–Crippen MR) is 50.1 cm³/mol. The summed E-state index contributed by atoms with van der Waals surface area (Å²) < 4.78 is 2.00. The molecule has 0 aliphatic carbocycles. The molecule has 72 valence electrons. The monoisotopic (exact) mass is 181 g/mol. The summed E-state index contributed by atoms with van der Waals surface area (Å²) in [5.41, 5.74) is 5.80. The van der Waals surface area contributed by atoms with Gasteiger partial charge in [0.25, 0.3) is 0 Å². The van der Waals surface area contributed by atoms with Crippen LogP contribution in [0.25, 0.3) is 0 Å². The molecule has 0 bridgehead atoms. The first-order chi connectivity index (χ1) is 6.13. The number of aromatic nitrogens is 2. The molecule has 1 rings (SSSR count). The lowest BCUT2D eigenvalue weighted by molar-refractivity contribution is -0.117. The molecule has 0 saturated carbocycles. The molecular formula is C9H15N3O. The Kier molecular flexibility index (Phi) is 3.06. The molecule has 1 unspecified atom stereocenters. The molecule has 1 aromatic heterocycles. The number of carbonyl (C=O) groups is 1. The lowest BCUT2D eigenvalue weighted by atomic mass is 10.2. The van der Waals surface area contributed by atoms with Gasteiger partial charge in [0.1, 0.15) is 0 Å². The van der Waals surface area contributed by atoms with E-state index in [1.165, 1.54) is 0 Å². The summed E-state index contributed by atoms with van der Waals surface area (Å²) in [6.07, 6.45) is 4.89. The van der Waals surface area contributed by atoms with Crippen LogP contribution in [0.3, 0.4) is 0 Å². The first-order valence-electron chi connectivity index (χ1n) is 4.44. The highest BCUT2D eigenvalue weighted by molar-refractivity contribution is 5.75. The van der Waals surface area contributed by atoms with Gasteiger partial charge in [-0.1, -0.05) is 6.92 Å². The number of nitrogens with zero attached hydrogens (tertiary/aromatic N) is 2.